The van der Waals surface area contributed by atoms with E-state index in [1.807, 2.05) is 0 Å². The van der Waals surface area contributed by atoms with Crippen molar-refractivity contribution in [1.82, 2.24) is 0 Å². The van der Waals surface area contributed by atoms with Crippen LogP contribution in [0.1, 0.15) is 0 Å². The SMILES string of the molecule is O=S(=O)(Oc1ccc(Cl)cc1Br)c1ccccc1. The van der Waals surface area contributed by atoms with Crippen LogP contribution in [0, 0.1) is 0 Å². The molecule has 6 heteroatoms. The lowest BCUT2D eigenvalue weighted by molar-refractivity contribution is 0.484. The van der Waals surface area contributed by atoms with Crippen LogP contribution >= 0.6 is 27.5 Å². The van der Waals surface area contributed by atoms with Crippen molar-refractivity contribution in [2.45, 2.75) is 4.90 Å². The molecule has 0 aromatic heterocycles. The summed E-state index contributed by atoms with van der Waals surface area (Å²) < 4.78 is 29.4. The van der Waals surface area contributed by atoms with Crippen molar-refractivity contribution in [1.29, 1.82) is 0 Å². The van der Waals surface area contributed by atoms with Crippen LogP contribution in [-0.2, 0) is 10.1 Å². The molecule has 0 atom stereocenters. The van der Waals surface area contributed by atoms with Crippen molar-refractivity contribution in [2.75, 3.05) is 0 Å². The molecule has 0 fully saturated rings. The van der Waals surface area contributed by atoms with Gasteiger partial charge in [-0.25, -0.2) is 0 Å². The third-order valence-corrected chi connectivity index (χ3v) is 4.23. The third kappa shape index (κ3) is 3.04. The Bertz CT molecular complexity index is 656. The lowest BCUT2D eigenvalue weighted by Gasteiger charge is -2.08. The summed E-state index contributed by atoms with van der Waals surface area (Å²) in [6, 6.07) is 12.6. The van der Waals surface area contributed by atoms with Crippen LogP contribution in [0.15, 0.2) is 57.9 Å². The summed E-state index contributed by atoms with van der Waals surface area (Å²) in [4.78, 5) is 0.104. The van der Waals surface area contributed by atoms with E-state index in [0.29, 0.717) is 9.50 Å². The van der Waals surface area contributed by atoms with Gasteiger partial charge in [-0.15, -0.1) is 0 Å². The van der Waals surface area contributed by atoms with Gasteiger partial charge < -0.3 is 4.18 Å². The molecular formula is C12H8BrClO3S. The molecule has 0 aliphatic heterocycles. The maximum Gasteiger partial charge on any atom is 0.339 e. The monoisotopic (exact) mass is 346 g/mol. The Balaban J connectivity index is 2.34. The van der Waals surface area contributed by atoms with Crippen LogP contribution in [0.3, 0.4) is 0 Å². The molecular weight excluding hydrogens is 340 g/mol. The molecule has 2 aromatic carbocycles. The second kappa shape index (κ2) is 5.30. The molecule has 0 spiro atoms. The Hall–Kier alpha value is -1.04. The number of hydrogen-bond acceptors (Lipinski definition) is 3. The fourth-order valence-corrected chi connectivity index (χ4v) is 3.14. The zero-order chi connectivity index (χ0) is 13.2. The first kappa shape index (κ1) is 13.4. The molecule has 0 aliphatic rings. The predicted molar refractivity (Wildman–Crippen MR) is 73.4 cm³/mol. The van der Waals surface area contributed by atoms with E-state index in [2.05, 4.69) is 15.9 Å². The summed E-state index contributed by atoms with van der Waals surface area (Å²) in [5, 5.41) is 0.492. The first-order valence-electron chi connectivity index (χ1n) is 4.93. The first-order chi connectivity index (χ1) is 8.49. The minimum absolute atomic E-state index is 0.104. The van der Waals surface area contributed by atoms with Crippen molar-refractivity contribution in [3.05, 3.63) is 58.0 Å². The average Bonchev–Trinajstić information content (AvgIpc) is 2.34. The van der Waals surface area contributed by atoms with Gasteiger partial charge in [0.05, 0.1) is 4.47 Å². The molecule has 0 aliphatic carbocycles. The third-order valence-electron chi connectivity index (χ3n) is 2.13. The highest BCUT2D eigenvalue weighted by molar-refractivity contribution is 9.10. The van der Waals surface area contributed by atoms with Gasteiger partial charge in [-0.2, -0.15) is 8.42 Å². The fourth-order valence-electron chi connectivity index (χ4n) is 1.30. The Morgan fingerprint density at radius 3 is 2.33 bits per heavy atom. The largest absolute Gasteiger partial charge is 0.378 e. The van der Waals surface area contributed by atoms with Crippen LogP contribution in [-0.4, -0.2) is 8.42 Å². The molecule has 0 saturated carbocycles. The molecule has 0 amide bonds. The second-order valence-electron chi connectivity index (χ2n) is 3.43. The standard InChI is InChI=1S/C12H8BrClO3S/c13-11-8-9(14)6-7-12(11)17-18(15,16)10-4-2-1-3-5-10/h1-8H. The zero-order valence-electron chi connectivity index (χ0n) is 9.01. The lowest BCUT2D eigenvalue weighted by atomic mass is 10.3. The van der Waals surface area contributed by atoms with E-state index in [-0.39, 0.29) is 10.6 Å². The minimum Gasteiger partial charge on any atom is -0.378 e. The Morgan fingerprint density at radius 1 is 1.06 bits per heavy atom. The molecule has 2 rings (SSSR count). The highest BCUT2D eigenvalue weighted by atomic mass is 79.9. The van der Waals surface area contributed by atoms with Crippen molar-refractivity contribution in [3.8, 4) is 5.75 Å². The van der Waals surface area contributed by atoms with E-state index in [4.69, 9.17) is 15.8 Å². The van der Waals surface area contributed by atoms with Gasteiger partial charge in [0, 0.05) is 5.02 Å². The van der Waals surface area contributed by atoms with Gasteiger partial charge in [0.15, 0.2) is 5.75 Å². The van der Waals surface area contributed by atoms with Crippen molar-refractivity contribution in [2.24, 2.45) is 0 Å². The summed E-state index contributed by atoms with van der Waals surface area (Å²) >= 11 is 8.97. The minimum atomic E-state index is -3.82. The van der Waals surface area contributed by atoms with E-state index in [1.54, 1.807) is 30.3 Å². The molecule has 0 radical (unpaired) electrons. The first-order valence-corrected chi connectivity index (χ1v) is 7.51. The summed E-state index contributed by atoms with van der Waals surface area (Å²) in [5.74, 6) is 0.197. The highest BCUT2D eigenvalue weighted by Gasteiger charge is 2.17. The van der Waals surface area contributed by atoms with E-state index in [0.717, 1.165) is 0 Å². The fraction of sp³-hybridized carbons (Fsp3) is 0. The van der Waals surface area contributed by atoms with Gasteiger partial charge in [0.2, 0.25) is 0 Å². The smallest absolute Gasteiger partial charge is 0.339 e. The maximum atomic E-state index is 12.0. The highest BCUT2D eigenvalue weighted by Crippen LogP contribution is 2.30. The topological polar surface area (TPSA) is 43.4 Å². The van der Waals surface area contributed by atoms with Gasteiger partial charge in [-0.05, 0) is 46.3 Å². The molecule has 2 aromatic rings. The number of halogens is 2. The zero-order valence-corrected chi connectivity index (χ0v) is 12.2. The van der Waals surface area contributed by atoms with Gasteiger partial charge in [0.1, 0.15) is 4.90 Å². The predicted octanol–water partition coefficient (Wildman–Crippen LogP) is 3.87. The van der Waals surface area contributed by atoms with Gasteiger partial charge >= 0.3 is 10.1 Å². The number of hydrogen-bond donors (Lipinski definition) is 0. The van der Waals surface area contributed by atoms with E-state index in [1.165, 1.54) is 18.2 Å². The molecule has 0 saturated heterocycles. The molecule has 18 heavy (non-hydrogen) atoms. The normalized spacial score (nSPS) is 11.2. The van der Waals surface area contributed by atoms with Crippen LogP contribution in [0.4, 0.5) is 0 Å². The average molecular weight is 348 g/mol. The number of benzene rings is 2. The molecule has 0 bridgehead atoms. The van der Waals surface area contributed by atoms with Gasteiger partial charge in [0.25, 0.3) is 0 Å². The van der Waals surface area contributed by atoms with Crippen LogP contribution in [0.25, 0.3) is 0 Å². The van der Waals surface area contributed by atoms with Crippen LogP contribution < -0.4 is 4.18 Å². The Morgan fingerprint density at radius 2 is 1.72 bits per heavy atom. The maximum absolute atomic E-state index is 12.0. The Labute approximate surface area is 119 Å². The van der Waals surface area contributed by atoms with Crippen LogP contribution in [0.2, 0.25) is 5.02 Å². The van der Waals surface area contributed by atoms with Crippen LogP contribution in [0.5, 0.6) is 5.75 Å². The summed E-state index contributed by atoms with van der Waals surface area (Å²) in [6.07, 6.45) is 0. The van der Waals surface area contributed by atoms with E-state index in [9.17, 15) is 8.42 Å². The van der Waals surface area contributed by atoms with Crippen molar-refractivity contribution < 1.29 is 12.6 Å². The summed E-state index contributed by atoms with van der Waals surface area (Å²) in [6.45, 7) is 0. The Kier molecular flexibility index (Phi) is 3.94. The van der Waals surface area contributed by atoms with Gasteiger partial charge in [-0.1, -0.05) is 29.8 Å². The number of rotatable bonds is 3. The van der Waals surface area contributed by atoms with E-state index < -0.39 is 10.1 Å². The molecule has 94 valence electrons. The molecule has 0 heterocycles. The quantitative estimate of drug-likeness (QED) is 0.792. The van der Waals surface area contributed by atoms with E-state index >= 15 is 0 Å². The second-order valence-corrected chi connectivity index (χ2v) is 6.26. The molecule has 0 N–H and O–H groups in total. The van der Waals surface area contributed by atoms with Crippen molar-refractivity contribution >= 4 is 37.6 Å². The lowest BCUT2D eigenvalue weighted by Crippen LogP contribution is -2.09. The summed E-state index contributed by atoms with van der Waals surface area (Å²) in [7, 11) is -3.82. The van der Waals surface area contributed by atoms with Gasteiger partial charge in [-0.3, -0.25) is 0 Å². The summed E-state index contributed by atoms with van der Waals surface area (Å²) in [5.41, 5.74) is 0. The molecule has 3 nitrogen and oxygen atoms in total. The van der Waals surface area contributed by atoms with Crippen molar-refractivity contribution in [3.63, 3.8) is 0 Å². The molecule has 0 unspecified atom stereocenters.